The first-order valence-corrected chi connectivity index (χ1v) is 14.2. The maximum atomic E-state index is 2.56. The quantitative estimate of drug-likeness (QED) is 0.293. The number of hydrogen-bond donors (Lipinski definition) is 0. The van der Waals surface area contributed by atoms with Crippen LogP contribution in [0, 0.1) is 17.3 Å². The van der Waals surface area contributed by atoms with Crippen molar-refractivity contribution < 1.29 is 0 Å². The van der Waals surface area contributed by atoms with Gasteiger partial charge >= 0.3 is 0 Å². The average molecular weight is 425 g/mol. The van der Waals surface area contributed by atoms with Crippen LogP contribution >= 0.6 is 0 Å². The van der Waals surface area contributed by atoms with Crippen LogP contribution < -0.4 is 0 Å². The molecule has 0 aromatic heterocycles. The summed E-state index contributed by atoms with van der Waals surface area (Å²) in [5.74, 6) is 2.85. The largest absolute Gasteiger partial charge is 0.0654 e. The van der Waals surface area contributed by atoms with Crippen LogP contribution in [0.5, 0.6) is 0 Å². The second-order valence-corrected chi connectivity index (χ2v) is 11.7. The van der Waals surface area contributed by atoms with Crippen LogP contribution in [0.25, 0.3) is 0 Å². The molecule has 0 heteroatoms. The van der Waals surface area contributed by atoms with Crippen LogP contribution in [0.2, 0.25) is 0 Å². The third-order valence-corrected chi connectivity index (χ3v) is 9.05. The fourth-order valence-corrected chi connectivity index (χ4v) is 6.52. The molecule has 0 saturated heterocycles. The number of unbranched alkanes of at least 4 members (excludes halogenated alkanes) is 4. The average Bonchev–Trinajstić information content (AvgIpc) is 2.80. The van der Waals surface area contributed by atoms with Gasteiger partial charge in [-0.2, -0.15) is 0 Å². The van der Waals surface area contributed by atoms with Crippen molar-refractivity contribution in [3.63, 3.8) is 0 Å². The van der Waals surface area contributed by atoms with Crippen molar-refractivity contribution in [2.24, 2.45) is 17.3 Å². The van der Waals surface area contributed by atoms with Crippen LogP contribution in [0.1, 0.15) is 147 Å². The molecule has 0 atom stereocenters. The molecule has 1 aromatic carbocycles. The maximum absolute atomic E-state index is 2.56. The minimum absolute atomic E-state index is 0.626. The van der Waals surface area contributed by atoms with Crippen LogP contribution in [0.4, 0.5) is 0 Å². The lowest BCUT2D eigenvalue weighted by molar-refractivity contribution is 0.178. The molecule has 2 aliphatic rings. The smallest absolute Gasteiger partial charge is 0.0162 e. The molecule has 0 unspecified atom stereocenters. The SMILES string of the molecule is CCCCCC1(C)CCC(c2ccc(CC[C@H]3CC[C@H](CCCCC)CC3)cc2)CC1. The summed E-state index contributed by atoms with van der Waals surface area (Å²) in [6.45, 7) is 7.20. The second-order valence-electron chi connectivity index (χ2n) is 11.7. The van der Waals surface area contributed by atoms with E-state index in [9.17, 15) is 0 Å². The molecule has 0 nitrogen and oxygen atoms in total. The predicted molar refractivity (Wildman–Crippen MR) is 138 cm³/mol. The summed E-state index contributed by atoms with van der Waals surface area (Å²) in [6.07, 6.45) is 25.8. The van der Waals surface area contributed by atoms with E-state index >= 15 is 0 Å². The molecular formula is C31H52. The summed E-state index contributed by atoms with van der Waals surface area (Å²) in [7, 11) is 0. The number of hydrogen-bond acceptors (Lipinski definition) is 0. The monoisotopic (exact) mass is 424 g/mol. The first kappa shape index (κ1) is 24.9. The van der Waals surface area contributed by atoms with Gasteiger partial charge in [-0.15, -0.1) is 0 Å². The Morgan fingerprint density at radius 1 is 0.710 bits per heavy atom. The lowest BCUT2D eigenvalue weighted by atomic mass is 9.68. The Kier molecular flexibility index (Phi) is 10.5. The van der Waals surface area contributed by atoms with Crippen molar-refractivity contribution in [1.29, 1.82) is 0 Å². The first-order chi connectivity index (χ1) is 15.1. The standard InChI is InChI=1S/C31H52/c1-4-6-8-10-26-11-13-27(14-12-26)15-16-28-17-19-29(20-18-28)30-21-24-31(3,25-22-30)23-9-7-5-2/h17-20,26-27,30H,4-16,21-25H2,1-3H3/t26-,27-,30?,31?. The van der Waals surface area contributed by atoms with Gasteiger partial charge in [-0.25, -0.2) is 0 Å². The van der Waals surface area contributed by atoms with Crippen LogP contribution in [-0.4, -0.2) is 0 Å². The maximum Gasteiger partial charge on any atom is -0.0162 e. The molecule has 2 fully saturated rings. The van der Waals surface area contributed by atoms with Gasteiger partial charge in [0.15, 0.2) is 0 Å². The predicted octanol–water partition coefficient (Wildman–Crippen LogP) is 10.3. The lowest BCUT2D eigenvalue weighted by Crippen LogP contribution is -2.23. The van der Waals surface area contributed by atoms with E-state index in [4.69, 9.17) is 0 Å². The zero-order valence-corrected chi connectivity index (χ0v) is 21.3. The lowest BCUT2D eigenvalue weighted by Gasteiger charge is -2.38. The van der Waals surface area contributed by atoms with Gasteiger partial charge in [0, 0.05) is 0 Å². The Morgan fingerprint density at radius 3 is 1.90 bits per heavy atom. The molecule has 176 valence electrons. The fraction of sp³-hybridized carbons (Fsp3) is 0.806. The topological polar surface area (TPSA) is 0 Å². The van der Waals surface area contributed by atoms with Crippen molar-refractivity contribution in [3.05, 3.63) is 35.4 Å². The van der Waals surface area contributed by atoms with Gasteiger partial charge in [0.05, 0.1) is 0 Å². The molecule has 0 amide bonds. The summed E-state index contributed by atoms with van der Waals surface area (Å²) in [5.41, 5.74) is 3.82. The highest BCUT2D eigenvalue weighted by Gasteiger charge is 2.31. The molecule has 31 heavy (non-hydrogen) atoms. The number of benzene rings is 1. The van der Waals surface area contributed by atoms with Crippen molar-refractivity contribution in [2.75, 3.05) is 0 Å². The molecule has 0 N–H and O–H groups in total. The Balaban J connectivity index is 1.35. The van der Waals surface area contributed by atoms with Crippen LogP contribution in [0.3, 0.4) is 0 Å². The zero-order chi connectivity index (χ0) is 21.9. The third kappa shape index (κ3) is 8.25. The van der Waals surface area contributed by atoms with Gasteiger partial charge in [-0.1, -0.05) is 116 Å². The van der Waals surface area contributed by atoms with E-state index in [0.717, 1.165) is 17.8 Å². The van der Waals surface area contributed by atoms with Crippen molar-refractivity contribution in [1.82, 2.24) is 0 Å². The highest BCUT2D eigenvalue weighted by atomic mass is 14.4. The minimum atomic E-state index is 0.626. The molecule has 0 spiro atoms. The molecule has 0 bridgehead atoms. The van der Waals surface area contributed by atoms with E-state index in [-0.39, 0.29) is 0 Å². The zero-order valence-electron chi connectivity index (χ0n) is 21.3. The van der Waals surface area contributed by atoms with Crippen LogP contribution in [-0.2, 0) is 6.42 Å². The van der Waals surface area contributed by atoms with Crippen LogP contribution in [0.15, 0.2) is 24.3 Å². The highest BCUT2D eigenvalue weighted by Crippen LogP contribution is 2.45. The summed E-state index contributed by atoms with van der Waals surface area (Å²) in [5, 5.41) is 0. The van der Waals surface area contributed by atoms with Gasteiger partial charge in [-0.05, 0) is 79.2 Å². The molecule has 3 rings (SSSR count). The van der Waals surface area contributed by atoms with Gasteiger partial charge < -0.3 is 0 Å². The normalized spacial score (nSPS) is 29.2. The Hall–Kier alpha value is -0.780. The second kappa shape index (κ2) is 13.1. The number of rotatable bonds is 12. The molecule has 0 aliphatic heterocycles. The van der Waals surface area contributed by atoms with E-state index in [1.165, 1.54) is 116 Å². The first-order valence-electron chi connectivity index (χ1n) is 14.2. The summed E-state index contributed by atoms with van der Waals surface area (Å²) < 4.78 is 0. The molecule has 0 heterocycles. The Morgan fingerprint density at radius 2 is 1.29 bits per heavy atom. The molecular weight excluding hydrogens is 372 g/mol. The van der Waals surface area contributed by atoms with E-state index < -0.39 is 0 Å². The highest BCUT2D eigenvalue weighted by molar-refractivity contribution is 5.26. The van der Waals surface area contributed by atoms with Gasteiger partial charge in [0.25, 0.3) is 0 Å². The van der Waals surface area contributed by atoms with Gasteiger partial charge in [0.2, 0.25) is 0 Å². The van der Waals surface area contributed by atoms with E-state index in [1.807, 2.05) is 0 Å². The van der Waals surface area contributed by atoms with E-state index in [2.05, 4.69) is 45.0 Å². The molecule has 1 aromatic rings. The summed E-state index contributed by atoms with van der Waals surface area (Å²) in [6, 6.07) is 9.87. The van der Waals surface area contributed by atoms with Crippen molar-refractivity contribution in [2.45, 2.75) is 142 Å². The van der Waals surface area contributed by atoms with Crippen molar-refractivity contribution >= 4 is 0 Å². The number of aryl methyl sites for hydroxylation is 1. The molecule has 2 saturated carbocycles. The Labute approximate surface area is 195 Å². The van der Waals surface area contributed by atoms with E-state index in [0.29, 0.717) is 5.41 Å². The van der Waals surface area contributed by atoms with Gasteiger partial charge in [-0.3, -0.25) is 0 Å². The molecule has 2 aliphatic carbocycles. The Bertz CT molecular complexity index is 581. The third-order valence-electron chi connectivity index (χ3n) is 9.05. The minimum Gasteiger partial charge on any atom is -0.0654 e. The fourth-order valence-electron chi connectivity index (χ4n) is 6.52. The molecule has 0 radical (unpaired) electrons. The van der Waals surface area contributed by atoms with Gasteiger partial charge in [0.1, 0.15) is 0 Å². The summed E-state index contributed by atoms with van der Waals surface area (Å²) in [4.78, 5) is 0. The van der Waals surface area contributed by atoms with Crippen molar-refractivity contribution in [3.8, 4) is 0 Å². The summed E-state index contributed by atoms with van der Waals surface area (Å²) >= 11 is 0. The van der Waals surface area contributed by atoms with E-state index in [1.54, 1.807) is 11.1 Å².